The number of para-hydroxylation sites is 1. The Morgan fingerprint density at radius 3 is 3.00 bits per heavy atom. The zero-order chi connectivity index (χ0) is 10.5. The lowest BCUT2D eigenvalue weighted by molar-refractivity contribution is 1.24. The molecule has 0 aliphatic heterocycles. The molecule has 0 bridgehead atoms. The van der Waals surface area contributed by atoms with Gasteiger partial charge in [0.25, 0.3) is 0 Å². The first-order chi connectivity index (χ1) is 7.40. The molecule has 0 aliphatic rings. The van der Waals surface area contributed by atoms with Crippen molar-refractivity contribution in [1.29, 1.82) is 0 Å². The van der Waals surface area contributed by atoms with E-state index in [1.54, 1.807) is 0 Å². The van der Waals surface area contributed by atoms with Gasteiger partial charge in [-0.3, -0.25) is 4.98 Å². The highest BCUT2D eigenvalue weighted by atomic mass is 35.5. The van der Waals surface area contributed by atoms with Crippen LogP contribution in [0.3, 0.4) is 0 Å². The number of rotatable bonds is 3. The maximum absolute atomic E-state index is 5.60. The second-order valence-electron chi connectivity index (χ2n) is 3.34. The molecule has 0 aliphatic carbocycles. The van der Waals surface area contributed by atoms with Gasteiger partial charge in [-0.05, 0) is 24.1 Å². The highest BCUT2D eigenvalue weighted by Gasteiger charge is 1.93. The first-order valence-corrected chi connectivity index (χ1v) is 5.51. The van der Waals surface area contributed by atoms with Crippen molar-refractivity contribution >= 4 is 28.6 Å². The van der Waals surface area contributed by atoms with Crippen molar-refractivity contribution in [1.82, 2.24) is 4.98 Å². The summed E-state index contributed by atoms with van der Waals surface area (Å²) in [4.78, 5) is 4.38. The molecule has 0 atom stereocenters. The van der Waals surface area contributed by atoms with Gasteiger partial charge in [0, 0.05) is 17.5 Å². The summed E-state index contributed by atoms with van der Waals surface area (Å²) in [5.74, 6) is 0.664. The predicted octanol–water partition coefficient (Wildman–Crippen LogP) is 3.88. The Labute approximate surface area is 94.4 Å². The highest BCUT2D eigenvalue weighted by Crippen LogP contribution is 2.13. The number of hydrogen-bond acceptors (Lipinski definition) is 1. The first kappa shape index (κ1) is 10.2. The molecule has 0 spiro atoms. The molecule has 15 heavy (non-hydrogen) atoms. The van der Waals surface area contributed by atoms with Crippen molar-refractivity contribution in [3.05, 3.63) is 48.2 Å². The van der Waals surface area contributed by atoms with E-state index < -0.39 is 0 Å². The van der Waals surface area contributed by atoms with Crippen molar-refractivity contribution < 1.29 is 0 Å². The number of allylic oxidation sites excluding steroid dienone is 1. The Balaban J connectivity index is 2.30. The standard InChI is InChI=1S/C13H12ClN/c14-8-4-3-5-11-9-12-6-1-2-7-13(12)15-10-11/h1-3,5-7,9-10H,4,8H2. The average molecular weight is 218 g/mol. The van der Waals surface area contributed by atoms with Gasteiger partial charge in [-0.15, -0.1) is 11.6 Å². The van der Waals surface area contributed by atoms with Gasteiger partial charge < -0.3 is 0 Å². The zero-order valence-electron chi connectivity index (χ0n) is 8.36. The van der Waals surface area contributed by atoms with Crippen LogP contribution in [0.4, 0.5) is 0 Å². The van der Waals surface area contributed by atoms with Gasteiger partial charge in [-0.2, -0.15) is 0 Å². The summed E-state index contributed by atoms with van der Waals surface area (Å²) in [5.41, 5.74) is 2.16. The van der Waals surface area contributed by atoms with Crippen molar-refractivity contribution in [2.45, 2.75) is 6.42 Å². The van der Waals surface area contributed by atoms with Crippen LogP contribution in [0.1, 0.15) is 12.0 Å². The van der Waals surface area contributed by atoms with Crippen LogP contribution in [0.2, 0.25) is 0 Å². The Bertz CT molecular complexity index is 477. The summed E-state index contributed by atoms with van der Waals surface area (Å²) < 4.78 is 0. The van der Waals surface area contributed by atoms with Crippen LogP contribution in [-0.4, -0.2) is 10.9 Å². The number of pyridine rings is 1. The van der Waals surface area contributed by atoms with Gasteiger partial charge in [-0.25, -0.2) is 0 Å². The third kappa shape index (κ3) is 2.57. The molecule has 0 N–H and O–H groups in total. The van der Waals surface area contributed by atoms with Crippen LogP contribution in [0, 0.1) is 0 Å². The van der Waals surface area contributed by atoms with Crippen molar-refractivity contribution in [2.75, 3.05) is 5.88 Å². The largest absolute Gasteiger partial charge is 0.256 e. The number of aromatic nitrogens is 1. The molecule has 0 radical (unpaired) electrons. The van der Waals surface area contributed by atoms with Gasteiger partial charge in [0.15, 0.2) is 0 Å². The molecule has 1 nitrogen and oxygen atoms in total. The smallest absolute Gasteiger partial charge is 0.0702 e. The van der Waals surface area contributed by atoms with Crippen molar-refractivity contribution in [2.24, 2.45) is 0 Å². The summed E-state index contributed by atoms with van der Waals surface area (Å²) in [6.45, 7) is 0. The predicted molar refractivity (Wildman–Crippen MR) is 66.1 cm³/mol. The number of benzene rings is 1. The minimum atomic E-state index is 0.664. The molecule has 1 aromatic heterocycles. The van der Waals surface area contributed by atoms with Gasteiger partial charge in [0.1, 0.15) is 0 Å². The molecule has 0 saturated heterocycles. The monoisotopic (exact) mass is 217 g/mol. The molecule has 0 amide bonds. The third-order valence-corrected chi connectivity index (χ3v) is 2.42. The van der Waals surface area contributed by atoms with Crippen LogP contribution in [-0.2, 0) is 0 Å². The summed E-state index contributed by atoms with van der Waals surface area (Å²) in [7, 11) is 0. The maximum atomic E-state index is 5.60. The second-order valence-corrected chi connectivity index (χ2v) is 3.72. The number of alkyl halides is 1. The summed E-state index contributed by atoms with van der Waals surface area (Å²) in [6, 6.07) is 10.2. The molecule has 0 saturated carbocycles. The Morgan fingerprint density at radius 2 is 2.13 bits per heavy atom. The molecule has 0 fully saturated rings. The number of halogens is 1. The Morgan fingerprint density at radius 1 is 1.27 bits per heavy atom. The summed E-state index contributed by atoms with van der Waals surface area (Å²) in [5, 5.41) is 1.17. The Kier molecular flexibility index (Phi) is 3.36. The van der Waals surface area contributed by atoms with Crippen molar-refractivity contribution in [3.63, 3.8) is 0 Å². The fraction of sp³-hybridized carbons (Fsp3) is 0.154. The summed E-state index contributed by atoms with van der Waals surface area (Å²) >= 11 is 5.60. The normalized spacial score (nSPS) is 11.3. The molecule has 1 aromatic carbocycles. The van der Waals surface area contributed by atoms with E-state index in [2.05, 4.69) is 29.3 Å². The van der Waals surface area contributed by atoms with Gasteiger partial charge >= 0.3 is 0 Å². The molecule has 0 unspecified atom stereocenters. The number of hydrogen-bond donors (Lipinski definition) is 0. The van der Waals surface area contributed by atoms with Crippen LogP contribution < -0.4 is 0 Å². The van der Waals surface area contributed by atoms with Crippen LogP contribution in [0.15, 0.2) is 42.6 Å². The van der Waals surface area contributed by atoms with E-state index in [9.17, 15) is 0 Å². The minimum Gasteiger partial charge on any atom is -0.256 e. The fourth-order valence-electron chi connectivity index (χ4n) is 1.46. The number of nitrogens with zero attached hydrogens (tertiary/aromatic N) is 1. The quantitative estimate of drug-likeness (QED) is 0.712. The van der Waals surface area contributed by atoms with E-state index in [-0.39, 0.29) is 0 Å². The van der Waals surface area contributed by atoms with Crippen molar-refractivity contribution in [3.8, 4) is 0 Å². The molecule has 2 aromatic rings. The fourth-order valence-corrected chi connectivity index (χ4v) is 1.59. The van der Waals surface area contributed by atoms with E-state index >= 15 is 0 Å². The first-order valence-electron chi connectivity index (χ1n) is 4.97. The van der Waals surface area contributed by atoms with E-state index in [0.717, 1.165) is 17.5 Å². The average Bonchev–Trinajstić information content (AvgIpc) is 2.29. The maximum Gasteiger partial charge on any atom is 0.0702 e. The number of fused-ring (bicyclic) bond motifs is 1. The van der Waals surface area contributed by atoms with Gasteiger partial charge in [0.05, 0.1) is 5.52 Å². The van der Waals surface area contributed by atoms with E-state index in [4.69, 9.17) is 11.6 Å². The molecular formula is C13H12ClN. The second kappa shape index (κ2) is 4.94. The molecular weight excluding hydrogens is 206 g/mol. The topological polar surface area (TPSA) is 12.9 Å². The highest BCUT2D eigenvalue weighted by molar-refractivity contribution is 6.17. The molecule has 2 rings (SSSR count). The van der Waals surface area contributed by atoms with Crippen LogP contribution in [0.25, 0.3) is 17.0 Å². The SMILES string of the molecule is ClCCC=Cc1cnc2ccccc2c1. The molecule has 76 valence electrons. The zero-order valence-corrected chi connectivity index (χ0v) is 9.11. The molecule has 2 heteroatoms. The van der Waals surface area contributed by atoms with Crippen LogP contribution >= 0.6 is 11.6 Å². The van der Waals surface area contributed by atoms with E-state index in [0.29, 0.717) is 5.88 Å². The lowest BCUT2D eigenvalue weighted by Gasteiger charge is -1.97. The third-order valence-electron chi connectivity index (χ3n) is 2.20. The minimum absolute atomic E-state index is 0.664. The Hall–Kier alpha value is -1.34. The lowest BCUT2D eigenvalue weighted by atomic mass is 10.1. The van der Waals surface area contributed by atoms with Gasteiger partial charge in [0.2, 0.25) is 0 Å². The molecule has 1 heterocycles. The van der Waals surface area contributed by atoms with E-state index in [1.165, 1.54) is 5.39 Å². The van der Waals surface area contributed by atoms with E-state index in [1.807, 2.05) is 24.4 Å². The van der Waals surface area contributed by atoms with Crippen LogP contribution in [0.5, 0.6) is 0 Å². The lowest BCUT2D eigenvalue weighted by Crippen LogP contribution is -1.80. The van der Waals surface area contributed by atoms with Gasteiger partial charge in [-0.1, -0.05) is 30.4 Å². The summed E-state index contributed by atoms with van der Waals surface area (Å²) in [6.07, 6.45) is 6.90.